The van der Waals surface area contributed by atoms with Crippen LogP contribution in [0.1, 0.15) is 23.8 Å². The fourth-order valence-electron chi connectivity index (χ4n) is 2.94. The molecule has 1 aliphatic heterocycles. The molecule has 8 heteroatoms. The van der Waals surface area contributed by atoms with E-state index in [0.717, 1.165) is 22.2 Å². The molecule has 0 radical (unpaired) electrons. The van der Waals surface area contributed by atoms with Gasteiger partial charge >= 0.3 is 0 Å². The van der Waals surface area contributed by atoms with Crippen LogP contribution in [0.3, 0.4) is 0 Å². The zero-order valence-corrected chi connectivity index (χ0v) is 16.2. The number of halogens is 1. The van der Waals surface area contributed by atoms with Gasteiger partial charge in [0.25, 0.3) is 5.91 Å². The number of hydrogen-bond donors (Lipinski definition) is 0. The van der Waals surface area contributed by atoms with Gasteiger partial charge in [-0.1, -0.05) is 35.5 Å². The molecule has 0 bridgehead atoms. The van der Waals surface area contributed by atoms with Crippen molar-refractivity contribution in [3.8, 4) is 0 Å². The summed E-state index contributed by atoms with van der Waals surface area (Å²) >= 11 is 7.37. The van der Waals surface area contributed by atoms with Crippen LogP contribution in [-0.2, 0) is 11.8 Å². The Morgan fingerprint density at radius 1 is 1.33 bits per heavy atom. The molecule has 0 N–H and O–H groups in total. The van der Waals surface area contributed by atoms with Gasteiger partial charge in [-0.25, -0.2) is 9.99 Å². The third-order valence-corrected chi connectivity index (χ3v) is 5.61. The van der Waals surface area contributed by atoms with Gasteiger partial charge in [0, 0.05) is 30.9 Å². The predicted molar refractivity (Wildman–Crippen MR) is 105 cm³/mol. The van der Waals surface area contributed by atoms with Crippen LogP contribution in [0.15, 0.2) is 69.7 Å². The fourth-order valence-corrected chi connectivity index (χ4v) is 3.85. The van der Waals surface area contributed by atoms with E-state index in [0.29, 0.717) is 11.4 Å². The van der Waals surface area contributed by atoms with E-state index in [2.05, 4.69) is 10.1 Å². The Bertz CT molecular complexity index is 966. The molecule has 2 aromatic heterocycles. The van der Waals surface area contributed by atoms with Crippen molar-refractivity contribution in [2.24, 2.45) is 12.1 Å². The number of carbonyl (C=O) groups is 1. The van der Waals surface area contributed by atoms with Crippen molar-refractivity contribution in [1.29, 1.82) is 0 Å². The minimum atomic E-state index is -0.250. The average Bonchev–Trinajstić information content (AvgIpc) is 3.41. The number of hydrogen-bond acceptors (Lipinski definition) is 5. The van der Waals surface area contributed by atoms with Crippen LogP contribution < -0.4 is 0 Å². The minimum Gasteiger partial charge on any atom is -0.467 e. The molecule has 1 aliphatic rings. The topological polar surface area (TPSA) is 63.6 Å². The van der Waals surface area contributed by atoms with E-state index in [9.17, 15) is 4.79 Å². The molecule has 0 aliphatic carbocycles. The van der Waals surface area contributed by atoms with Crippen molar-refractivity contribution in [3.63, 3.8) is 0 Å². The van der Waals surface area contributed by atoms with Crippen molar-refractivity contribution in [2.45, 2.75) is 17.6 Å². The first-order valence-electron chi connectivity index (χ1n) is 8.41. The van der Waals surface area contributed by atoms with Crippen LogP contribution in [-0.4, -0.2) is 31.9 Å². The molecule has 6 nitrogen and oxygen atoms in total. The number of imidazole rings is 1. The molecular formula is C19H17ClN4O2S. The first kappa shape index (κ1) is 17.9. The summed E-state index contributed by atoms with van der Waals surface area (Å²) in [5.74, 6) is 0.880. The lowest BCUT2D eigenvalue weighted by molar-refractivity contribution is -0.130. The summed E-state index contributed by atoms with van der Waals surface area (Å²) < 4.78 is 7.44. The highest BCUT2D eigenvalue weighted by Crippen LogP contribution is 2.34. The Balaban J connectivity index is 1.56. The second-order valence-electron chi connectivity index (χ2n) is 6.14. The summed E-state index contributed by atoms with van der Waals surface area (Å²) in [6.07, 6.45) is 5.77. The standard InChI is InChI=1S/C19H17ClN4O2S/c1-23-9-8-21-19(23)27-12-18(25)24-16(17-3-2-10-26-17)11-15(22-24)13-4-6-14(20)7-5-13/h2-10,16H,11-12H2,1H3. The van der Waals surface area contributed by atoms with E-state index >= 15 is 0 Å². The Morgan fingerprint density at radius 3 is 2.81 bits per heavy atom. The molecule has 1 unspecified atom stereocenters. The third-order valence-electron chi connectivity index (χ3n) is 4.32. The molecule has 0 saturated carbocycles. The number of carbonyl (C=O) groups excluding carboxylic acids is 1. The Morgan fingerprint density at radius 2 is 2.15 bits per heavy atom. The average molecular weight is 401 g/mol. The summed E-state index contributed by atoms with van der Waals surface area (Å²) in [5, 5.41) is 7.59. The number of nitrogens with zero attached hydrogens (tertiary/aromatic N) is 4. The number of aryl methyl sites for hydroxylation is 1. The Hall–Kier alpha value is -2.51. The van der Waals surface area contributed by atoms with E-state index in [1.54, 1.807) is 12.5 Å². The third kappa shape index (κ3) is 3.79. The van der Waals surface area contributed by atoms with Gasteiger partial charge in [0.05, 0.1) is 17.7 Å². The first-order valence-corrected chi connectivity index (χ1v) is 9.77. The second kappa shape index (κ2) is 7.62. The molecule has 0 fully saturated rings. The molecule has 1 atom stereocenters. The fraction of sp³-hybridized carbons (Fsp3) is 0.211. The molecule has 27 heavy (non-hydrogen) atoms. The molecular weight excluding hydrogens is 384 g/mol. The number of amides is 1. The van der Waals surface area contributed by atoms with E-state index in [4.69, 9.17) is 16.0 Å². The molecule has 0 saturated heterocycles. The predicted octanol–water partition coefficient (Wildman–Crippen LogP) is 4.14. The van der Waals surface area contributed by atoms with Gasteiger partial charge in [-0.05, 0) is 29.8 Å². The zero-order valence-electron chi connectivity index (χ0n) is 14.6. The van der Waals surface area contributed by atoms with Gasteiger partial charge in [-0.15, -0.1) is 0 Å². The second-order valence-corrected chi connectivity index (χ2v) is 7.52. The highest BCUT2D eigenvalue weighted by Gasteiger charge is 2.34. The van der Waals surface area contributed by atoms with Gasteiger partial charge in [-0.2, -0.15) is 5.10 Å². The Labute approximate surface area is 165 Å². The normalized spacial score (nSPS) is 16.6. The van der Waals surface area contributed by atoms with Gasteiger partial charge in [-0.3, -0.25) is 4.79 Å². The van der Waals surface area contributed by atoms with Crippen molar-refractivity contribution < 1.29 is 9.21 Å². The maximum absolute atomic E-state index is 12.9. The lowest BCUT2D eigenvalue weighted by atomic mass is 10.0. The molecule has 0 spiro atoms. The first-order chi connectivity index (χ1) is 13.1. The SMILES string of the molecule is Cn1ccnc1SCC(=O)N1N=C(c2ccc(Cl)cc2)CC1c1ccco1. The lowest BCUT2D eigenvalue weighted by Gasteiger charge is -2.19. The van der Waals surface area contributed by atoms with Gasteiger partial charge in [0.15, 0.2) is 5.16 Å². The van der Waals surface area contributed by atoms with Crippen LogP contribution in [0, 0.1) is 0 Å². The number of benzene rings is 1. The number of aromatic nitrogens is 2. The highest BCUT2D eigenvalue weighted by molar-refractivity contribution is 7.99. The smallest absolute Gasteiger partial charge is 0.253 e. The monoisotopic (exact) mass is 400 g/mol. The summed E-state index contributed by atoms with van der Waals surface area (Å²) in [5.41, 5.74) is 1.78. The number of rotatable bonds is 5. The highest BCUT2D eigenvalue weighted by atomic mass is 35.5. The maximum Gasteiger partial charge on any atom is 0.253 e. The van der Waals surface area contributed by atoms with Crippen LogP contribution >= 0.6 is 23.4 Å². The van der Waals surface area contributed by atoms with Crippen LogP contribution in [0.4, 0.5) is 0 Å². The molecule has 3 heterocycles. The summed E-state index contributed by atoms with van der Waals surface area (Å²) in [7, 11) is 1.90. The van der Waals surface area contributed by atoms with Crippen molar-refractivity contribution in [1.82, 2.24) is 14.6 Å². The van der Waals surface area contributed by atoms with E-state index in [1.807, 2.05) is 54.2 Å². The van der Waals surface area contributed by atoms with E-state index < -0.39 is 0 Å². The Kier molecular flexibility index (Phi) is 5.05. The molecule has 3 aromatic rings. The van der Waals surface area contributed by atoms with Crippen LogP contribution in [0.5, 0.6) is 0 Å². The molecule has 1 amide bonds. The van der Waals surface area contributed by atoms with Gasteiger partial charge in [0.1, 0.15) is 11.8 Å². The largest absolute Gasteiger partial charge is 0.467 e. The summed E-state index contributed by atoms with van der Waals surface area (Å²) in [4.78, 5) is 17.1. The van der Waals surface area contributed by atoms with Gasteiger partial charge in [0.2, 0.25) is 0 Å². The lowest BCUT2D eigenvalue weighted by Crippen LogP contribution is -2.28. The number of furan rings is 1. The van der Waals surface area contributed by atoms with Gasteiger partial charge < -0.3 is 8.98 Å². The summed E-state index contributed by atoms with van der Waals surface area (Å²) in [6, 6.07) is 10.9. The quantitative estimate of drug-likeness (QED) is 0.604. The molecule has 4 rings (SSSR count). The minimum absolute atomic E-state index is 0.0895. The van der Waals surface area contributed by atoms with E-state index in [-0.39, 0.29) is 17.7 Å². The van der Waals surface area contributed by atoms with Crippen molar-refractivity contribution in [3.05, 3.63) is 71.4 Å². The molecule has 138 valence electrons. The zero-order chi connectivity index (χ0) is 18.8. The van der Waals surface area contributed by atoms with E-state index in [1.165, 1.54) is 16.8 Å². The number of hydrazone groups is 1. The van der Waals surface area contributed by atoms with Crippen molar-refractivity contribution in [2.75, 3.05) is 5.75 Å². The molecule has 1 aromatic carbocycles. The maximum atomic E-state index is 12.9. The van der Waals surface area contributed by atoms with Crippen molar-refractivity contribution >= 4 is 35.0 Å². The van der Waals surface area contributed by atoms with Crippen LogP contribution in [0.25, 0.3) is 0 Å². The summed E-state index contributed by atoms with van der Waals surface area (Å²) in [6.45, 7) is 0. The van der Waals surface area contributed by atoms with Crippen LogP contribution in [0.2, 0.25) is 5.02 Å². The number of thioether (sulfide) groups is 1.